The fourth-order valence-electron chi connectivity index (χ4n) is 8.10. The van der Waals surface area contributed by atoms with E-state index < -0.39 is 18.1 Å². The van der Waals surface area contributed by atoms with Crippen molar-refractivity contribution in [2.75, 3.05) is 41.0 Å². The van der Waals surface area contributed by atoms with Gasteiger partial charge in [0.15, 0.2) is 6.10 Å². The van der Waals surface area contributed by atoms with Gasteiger partial charge in [-0.2, -0.15) is 0 Å². The quantitative estimate of drug-likeness (QED) is 0.0259. The molecule has 0 saturated carbocycles. The lowest BCUT2D eigenvalue weighted by Crippen LogP contribution is -2.55. The van der Waals surface area contributed by atoms with Gasteiger partial charge in [-0.05, 0) is 77.0 Å². The molecule has 0 saturated heterocycles. The summed E-state index contributed by atoms with van der Waals surface area (Å²) < 4.78 is 17.3. The number of esters is 2. The minimum absolute atomic E-state index is 0.0385. The third-order valence-corrected chi connectivity index (χ3v) is 12.3. The maximum atomic E-state index is 12.8. The monoisotopic (exact) mass is 952 g/mol. The van der Waals surface area contributed by atoms with Crippen LogP contribution in [0, 0.1) is 0 Å². The van der Waals surface area contributed by atoms with Crippen molar-refractivity contribution in [2.45, 2.75) is 251 Å². The number of allylic oxidation sites excluding steroid dienone is 12. The predicted octanol–water partition coefficient (Wildman–Crippen LogP) is 15.3. The highest BCUT2D eigenvalue weighted by Gasteiger charge is 2.25. The molecule has 0 amide bonds. The zero-order valence-corrected chi connectivity index (χ0v) is 44.8. The lowest BCUT2D eigenvalue weighted by atomic mass is 10.0. The highest BCUT2D eigenvalue weighted by molar-refractivity contribution is 5.70. The van der Waals surface area contributed by atoms with Crippen molar-refractivity contribution in [1.29, 1.82) is 0 Å². The van der Waals surface area contributed by atoms with Crippen LogP contribution in [0.5, 0.6) is 0 Å². The lowest BCUT2D eigenvalue weighted by molar-refractivity contribution is -0.889. The summed E-state index contributed by atoms with van der Waals surface area (Å²) in [7, 11) is 5.42. The SMILES string of the molecule is CC/C=C/C/C=C/C/C=C/CCCCCCCCCCCCCCCC(=O)OC(COCCC(C(=O)[O-])[N+](C)(C)C)COC(=O)CCCCCCCCCCCCC/C=C/C/C=C/C/C=C/CC. The van der Waals surface area contributed by atoms with Crippen LogP contribution in [0.3, 0.4) is 0 Å². The maximum Gasteiger partial charge on any atom is 0.306 e. The van der Waals surface area contributed by atoms with Crippen LogP contribution in [0.2, 0.25) is 0 Å². The van der Waals surface area contributed by atoms with Gasteiger partial charge in [0.05, 0.1) is 40.3 Å². The number of nitrogens with zero attached hydrogens (tertiary/aromatic N) is 1. The van der Waals surface area contributed by atoms with Crippen LogP contribution in [-0.2, 0) is 28.6 Å². The van der Waals surface area contributed by atoms with Gasteiger partial charge in [-0.15, -0.1) is 0 Å². The molecular formula is C60H105NO7. The van der Waals surface area contributed by atoms with E-state index in [1.165, 1.54) is 128 Å². The number of carboxylic acid groups (broad SMARTS) is 1. The van der Waals surface area contributed by atoms with Crippen molar-refractivity contribution >= 4 is 17.9 Å². The summed E-state index contributed by atoms with van der Waals surface area (Å²) in [5.74, 6) is -1.73. The molecule has 0 aromatic rings. The summed E-state index contributed by atoms with van der Waals surface area (Å²) in [6, 6.07) is -0.729. The van der Waals surface area contributed by atoms with Gasteiger partial charge in [-0.3, -0.25) is 9.59 Å². The van der Waals surface area contributed by atoms with E-state index in [1.54, 1.807) is 0 Å². The fraction of sp³-hybridized carbons (Fsp3) is 0.750. The molecule has 8 nitrogen and oxygen atoms in total. The summed E-state index contributed by atoms with van der Waals surface area (Å²) in [6.07, 6.45) is 65.1. The minimum atomic E-state index is -1.12. The van der Waals surface area contributed by atoms with Crippen LogP contribution in [0.15, 0.2) is 72.9 Å². The Morgan fingerprint density at radius 1 is 0.441 bits per heavy atom. The van der Waals surface area contributed by atoms with Gasteiger partial charge in [0.1, 0.15) is 12.6 Å². The zero-order valence-electron chi connectivity index (χ0n) is 44.8. The molecule has 0 aromatic carbocycles. The molecule has 0 aliphatic carbocycles. The standard InChI is InChI=1S/C60H105NO7/c1-6-8-10-12-14-16-18-20-22-24-26-28-29-31-33-35-37-39-41-43-45-47-49-51-59(63)68-56(54-66-53-52-57(60(64)65)61(3,4)5)55-67-58(62)50-48-46-44-42-40-38-36-34-32-30-27-25-23-21-19-17-15-13-11-9-7-2/h8-11,14-17,20-23,56-57H,6-7,12-13,18-19,24-55H2,1-5H3/b10-8+,11-9+,16-14+,17-15+,22-20+,23-21+. The molecule has 2 atom stereocenters. The van der Waals surface area contributed by atoms with Crippen LogP contribution >= 0.6 is 0 Å². The Bertz CT molecular complexity index is 1340. The number of quaternary nitrogens is 1. The summed E-state index contributed by atoms with van der Waals surface area (Å²) in [6.45, 7) is 4.47. The van der Waals surface area contributed by atoms with E-state index in [9.17, 15) is 19.5 Å². The van der Waals surface area contributed by atoms with Crippen molar-refractivity contribution in [1.82, 2.24) is 0 Å². The molecule has 68 heavy (non-hydrogen) atoms. The number of carbonyl (C=O) groups excluding carboxylic acids is 3. The number of unbranched alkanes of at least 4 members (excludes halogenated alkanes) is 24. The molecule has 0 fully saturated rings. The average Bonchev–Trinajstić information content (AvgIpc) is 3.30. The van der Waals surface area contributed by atoms with E-state index in [-0.39, 0.29) is 42.7 Å². The fourth-order valence-corrected chi connectivity index (χ4v) is 8.10. The number of carbonyl (C=O) groups is 3. The van der Waals surface area contributed by atoms with Gasteiger partial charge < -0.3 is 28.6 Å². The molecule has 0 bridgehead atoms. The second kappa shape index (κ2) is 50.2. The van der Waals surface area contributed by atoms with Gasteiger partial charge in [0, 0.05) is 19.3 Å². The Hall–Kier alpha value is -3.23. The Labute approximate surface area is 419 Å². The van der Waals surface area contributed by atoms with Gasteiger partial charge in [-0.1, -0.05) is 215 Å². The van der Waals surface area contributed by atoms with E-state index in [0.717, 1.165) is 77.0 Å². The number of aliphatic carboxylic acids is 1. The van der Waals surface area contributed by atoms with Crippen LogP contribution < -0.4 is 5.11 Å². The molecule has 0 radical (unpaired) electrons. The first-order chi connectivity index (χ1) is 33.1. The molecule has 0 N–H and O–H groups in total. The van der Waals surface area contributed by atoms with Gasteiger partial charge in [0.25, 0.3) is 0 Å². The first kappa shape index (κ1) is 64.8. The highest BCUT2D eigenvalue weighted by atomic mass is 16.6. The van der Waals surface area contributed by atoms with Crippen LogP contribution in [0.1, 0.15) is 239 Å². The number of ether oxygens (including phenoxy) is 3. The highest BCUT2D eigenvalue weighted by Crippen LogP contribution is 2.16. The van der Waals surface area contributed by atoms with Gasteiger partial charge in [-0.25, -0.2) is 0 Å². The molecule has 0 heterocycles. The smallest absolute Gasteiger partial charge is 0.306 e. The van der Waals surface area contributed by atoms with Gasteiger partial charge in [0.2, 0.25) is 0 Å². The number of likely N-dealkylation sites (N-methyl/N-ethyl adjacent to an activating group) is 1. The first-order valence-corrected chi connectivity index (χ1v) is 28.0. The minimum Gasteiger partial charge on any atom is -0.544 e. The zero-order chi connectivity index (χ0) is 49.9. The third kappa shape index (κ3) is 47.8. The predicted molar refractivity (Wildman–Crippen MR) is 286 cm³/mol. The van der Waals surface area contributed by atoms with Crippen LogP contribution in [-0.4, -0.2) is 75.5 Å². The molecule has 0 aromatic heterocycles. The maximum absolute atomic E-state index is 12.8. The van der Waals surface area contributed by atoms with Crippen LogP contribution in [0.25, 0.3) is 0 Å². The molecule has 0 rings (SSSR count). The average molecular weight is 952 g/mol. The van der Waals surface area contributed by atoms with Crippen LogP contribution in [0.4, 0.5) is 0 Å². The number of rotatable bonds is 50. The largest absolute Gasteiger partial charge is 0.544 e. The second-order valence-corrected chi connectivity index (χ2v) is 19.8. The number of carboxylic acids is 1. The second-order valence-electron chi connectivity index (χ2n) is 19.8. The third-order valence-electron chi connectivity index (χ3n) is 12.3. The van der Waals surface area contributed by atoms with Crippen molar-refractivity contribution in [2.24, 2.45) is 0 Å². The van der Waals surface area contributed by atoms with E-state index in [4.69, 9.17) is 14.2 Å². The normalized spacial score (nSPS) is 13.4. The van der Waals surface area contributed by atoms with E-state index in [0.29, 0.717) is 12.8 Å². The molecule has 0 aliphatic heterocycles. The summed E-state index contributed by atoms with van der Waals surface area (Å²) >= 11 is 0. The molecule has 392 valence electrons. The Kier molecular flexibility index (Phi) is 47.8. The first-order valence-electron chi connectivity index (χ1n) is 28.0. The van der Waals surface area contributed by atoms with E-state index in [1.807, 2.05) is 21.1 Å². The molecule has 0 aliphatic rings. The molecule has 0 spiro atoms. The molecular weight excluding hydrogens is 847 g/mol. The number of hydrogen-bond acceptors (Lipinski definition) is 7. The van der Waals surface area contributed by atoms with E-state index >= 15 is 0 Å². The molecule has 8 heteroatoms. The Morgan fingerprint density at radius 3 is 1.15 bits per heavy atom. The van der Waals surface area contributed by atoms with Crippen molar-refractivity contribution in [3.05, 3.63) is 72.9 Å². The Morgan fingerprint density at radius 2 is 0.779 bits per heavy atom. The van der Waals surface area contributed by atoms with Crippen molar-refractivity contribution in [3.8, 4) is 0 Å². The Balaban J connectivity index is 4.17. The van der Waals surface area contributed by atoms with E-state index in [2.05, 4.69) is 86.8 Å². The number of hydrogen-bond donors (Lipinski definition) is 0. The summed E-state index contributed by atoms with van der Waals surface area (Å²) in [4.78, 5) is 37.2. The topological polar surface area (TPSA) is 102 Å². The summed E-state index contributed by atoms with van der Waals surface area (Å²) in [5.41, 5.74) is 0. The molecule has 2 unspecified atom stereocenters. The van der Waals surface area contributed by atoms with Crippen molar-refractivity contribution in [3.63, 3.8) is 0 Å². The lowest BCUT2D eigenvalue weighted by Gasteiger charge is -2.34. The van der Waals surface area contributed by atoms with Crippen molar-refractivity contribution < 1.29 is 38.2 Å². The van der Waals surface area contributed by atoms with Gasteiger partial charge >= 0.3 is 11.9 Å². The summed E-state index contributed by atoms with van der Waals surface area (Å²) in [5, 5.41) is 11.7.